The van der Waals surface area contributed by atoms with Crippen LogP contribution in [0.25, 0.3) is 10.9 Å². The van der Waals surface area contributed by atoms with Gasteiger partial charge in [0.25, 0.3) is 0 Å². The molecule has 1 heterocycles. The minimum Gasteiger partial charge on any atom is -0.355 e. The number of amides is 1. The maximum atomic E-state index is 11.1. The summed E-state index contributed by atoms with van der Waals surface area (Å²) in [5.41, 5.74) is 4.57. The highest BCUT2D eigenvalue weighted by Crippen LogP contribution is 2.32. The Morgan fingerprint density at radius 2 is 1.96 bits per heavy atom. The molecule has 1 aliphatic rings. The van der Waals surface area contributed by atoms with Crippen LogP contribution in [0.2, 0.25) is 0 Å². The normalized spacial score (nSPS) is 14.0. The van der Waals surface area contributed by atoms with Crippen LogP contribution in [0.4, 0.5) is 0 Å². The Hall–Kier alpha value is -1.42. The molecule has 0 bridgehead atoms. The van der Waals surface area contributed by atoms with Crippen molar-refractivity contribution in [2.45, 2.75) is 51.5 Å². The first-order chi connectivity index (χ1) is 11.3. The summed E-state index contributed by atoms with van der Waals surface area (Å²) in [4.78, 5) is 11.1. The second-order valence-corrected chi connectivity index (χ2v) is 6.69. The van der Waals surface area contributed by atoms with E-state index in [-0.39, 0.29) is 11.7 Å². The molecule has 4 heteroatoms. The number of thiol groups is 1. The zero-order valence-corrected chi connectivity index (χ0v) is 14.6. The number of unbranched alkanes of at least 4 members (excludes halogenated alkanes) is 2. The molecule has 1 amide bonds. The number of benzene rings is 1. The maximum Gasteiger partial charge on any atom is 0.229 e. The molecule has 1 aromatic carbocycles. The largest absolute Gasteiger partial charge is 0.355 e. The van der Waals surface area contributed by atoms with Crippen LogP contribution in [-0.2, 0) is 24.2 Å². The summed E-state index contributed by atoms with van der Waals surface area (Å²) in [5, 5.41) is 4.34. The van der Waals surface area contributed by atoms with Crippen molar-refractivity contribution in [2.24, 2.45) is 0 Å². The van der Waals surface area contributed by atoms with Gasteiger partial charge >= 0.3 is 0 Å². The molecule has 1 aromatic heterocycles. The number of hydrogen-bond acceptors (Lipinski definition) is 2. The fourth-order valence-corrected chi connectivity index (χ4v) is 3.81. The second kappa shape index (κ2) is 7.91. The Kier molecular flexibility index (Phi) is 5.65. The van der Waals surface area contributed by atoms with Crippen molar-refractivity contribution >= 4 is 29.4 Å². The SMILES string of the molecule is O=C(CS)NCCCCCn1c2c(c3ccccc31)CCCC2. The molecular formula is C19H26N2OS. The first-order valence-electron chi connectivity index (χ1n) is 8.78. The number of fused-ring (bicyclic) bond motifs is 3. The Morgan fingerprint density at radius 1 is 1.13 bits per heavy atom. The Bertz CT molecular complexity index is 677. The molecule has 1 aliphatic carbocycles. The van der Waals surface area contributed by atoms with Crippen molar-refractivity contribution in [1.29, 1.82) is 0 Å². The third kappa shape index (κ3) is 3.74. The second-order valence-electron chi connectivity index (χ2n) is 6.37. The van der Waals surface area contributed by atoms with E-state index in [1.807, 2.05) is 0 Å². The molecule has 0 fully saturated rings. The fourth-order valence-electron chi connectivity index (χ4n) is 3.70. The van der Waals surface area contributed by atoms with Crippen molar-refractivity contribution in [3.8, 4) is 0 Å². The number of aryl methyl sites for hydroxylation is 2. The standard InChI is InChI=1S/C19H26N2OS/c22-19(14-23)20-12-6-1-7-13-21-17-10-4-2-8-15(17)16-9-3-5-11-18(16)21/h2,4,8,10,23H,1,3,5-7,9,11-14H2,(H,20,22). The first-order valence-corrected chi connectivity index (χ1v) is 9.41. The van der Waals surface area contributed by atoms with E-state index in [2.05, 4.69) is 46.8 Å². The zero-order chi connectivity index (χ0) is 16.1. The summed E-state index contributed by atoms with van der Waals surface area (Å²) in [6.45, 7) is 1.86. The van der Waals surface area contributed by atoms with Crippen molar-refractivity contribution in [3.63, 3.8) is 0 Å². The fraction of sp³-hybridized carbons (Fsp3) is 0.526. The van der Waals surface area contributed by atoms with E-state index in [0.717, 1.165) is 25.9 Å². The quantitative estimate of drug-likeness (QED) is 0.588. The molecule has 0 unspecified atom stereocenters. The zero-order valence-electron chi connectivity index (χ0n) is 13.7. The van der Waals surface area contributed by atoms with Crippen LogP contribution in [-0.4, -0.2) is 22.8 Å². The summed E-state index contributed by atoms with van der Waals surface area (Å²) in [7, 11) is 0. The highest BCUT2D eigenvalue weighted by atomic mass is 32.1. The van der Waals surface area contributed by atoms with Gasteiger partial charge in [-0.25, -0.2) is 0 Å². The molecule has 23 heavy (non-hydrogen) atoms. The molecule has 0 saturated carbocycles. The predicted molar refractivity (Wildman–Crippen MR) is 99.3 cm³/mol. The summed E-state index contributed by atoms with van der Waals surface area (Å²) in [5.74, 6) is 0.306. The van der Waals surface area contributed by atoms with Crippen LogP contribution < -0.4 is 5.32 Å². The van der Waals surface area contributed by atoms with E-state index < -0.39 is 0 Å². The van der Waals surface area contributed by atoms with Gasteiger partial charge in [0, 0.05) is 29.7 Å². The molecule has 0 spiro atoms. The van der Waals surface area contributed by atoms with Crippen LogP contribution in [0.3, 0.4) is 0 Å². The van der Waals surface area contributed by atoms with Crippen LogP contribution >= 0.6 is 12.6 Å². The van der Waals surface area contributed by atoms with Crippen molar-refractivity contribution in [3.05, 3.63) is 35.5 Å². The topological polar surface area (TPSA) is 34.0 Å². The lowest BCUT2D eigenvalue weighted by Gasteiger charge is -2.16. The Labute approximate surface area is 143 Å². The summed E-state index contributed by atoms with van der Waals surface area (Å²) in [6, 6.07) is 8.85. The monoisotopic (exact) mass is 330 g/mol. The van der Waals surface area contributed by atoms with Gasteiger partial charge < -0.3 is 9.88 Å². The molecule has 0 radical (unpaired) electrons. The van der Waals surface area contributed by atoms with E-state index in [4.69, 9.17) is 0 Å². The van der Waals surface area contributed by atoms with E-state index in [9.17, 15) is 4.79 Å². The number of hydrogen-bond donors (Lipinski definition) is 2. The van der Waals surface area contributed by atoms with Gasteiger partial charge in [0.05, 0.1) is 5.75 Å². The van der Waals surface area contributed by atoms with Gasteiger partial charge in [-0.15, -0.1) is 0 Å². The van der Waals surface area contributed by atoms with E-state index in [1.165, 1.54) is 43.0 Å². The number of para-hydroxylation sites is 1. The molecule has 124 valence electrons. The molecule has 3 rings (SSSR count). The third-order valence-electron chi connectivity index (χ3n) is 4.81. The minimum atomic E-state index is 0.0267. The molecule has 0 atom stereocenters. The molecule has 2 aromatic rings. The average molecular weight is 330 g/mol. The number of aromatic nitrogens is 1. The van der Waals surface area contributed by atoms with Crippen molar-refractivity contribution < 1.29 is 4.79 Å². The lowest BCUT2D eigenvalue weighted by molar-refractivity contribution is -0.118. The third-order valence-corrected chi connectivity index (χ3v) is 5.10. The average Bonchev–Trinajstić information content (AvgIpc) is 2.92. The van der Waals surface area contributed by atoms with Crippen LogP contribution in [0.1, 0.15) is 43.4 Å². The minimum absolute atomic E-state index is 0.0267. The summed E-state index contributed by atoms with van der Waals surface area (Å²) < 4.78 is 2.55. The molecule has 1 N–H and O–H groups in total. The van der Waals surface area contributed by atoms with Gasteiger partial charge in [-0.1, -0.05) is 18.2 Å². The summed E-state index contributed by atoms with van der Waals surface area (Å²) in [6.07, 6.45) is 8.46. The first kappa shape index (κ1) is 16.4. The number of nitrogens with one attached hydrogen (secondary N) is 1. The number of rotatable bonds is 7. The smallest absolute Gasteiger partial charge is 0.229 e. The van der Waals surface area contributed by atoms with E-state index in [1.54, 1.807) is 11.3 Å². The molecule has 0 aliphatic heterocycles. The lowest BCUT2D eigenvalue weighted by atomic mass is 9.95. The van der Waals surface area contributed by atoms with Crippen LogP contribution in [0, 0.1) is 0 Å². The summed E-state index contributed by atoms with van der Waals surface area (Å²) >= 11 is 3.96. The maximum absolute atomic E-state index is 11.1. The Morgan fingerprint density at radius 3 is 2.83 bits per heavy atom. The van der Waals surface area contributed by atoms with Gasteiger partial charge in [0.2, 0.25) is 5.91 Å². The number of carbonyl (C=O) groups excluding carboxylic acids is 1. The molecule has 0 saturated heterocycles. The molecular weight excluding hydrogens is 304 g/mol. The van der Waals surface area contributed by atoms with Crippen molar-refractivity contribution in [1.82, 2.24) is 9.88 Å². The van der Waals surface area contributed by atoms with Gasteiger partial charge in [-0.05, 0) is 56.6 Å². The van der Waals surface area contributed by atoms with E-state index >= 15 is 0 Å². The predicted octanol–water partition coefficient (Wildman–Crippen LogP) is 3.74. The number of nitrogens with zero attached hydrogens (tertiary/aromatic N) is 1. The van der Waals surface area contributed by atoms with Crippen molar-refractivity contribution in [2.75, 3.05) is 12.3 Å². The Balaban J connectivity index is 1.61. The lowest BCUT2D eigenvalue weighted by Crippen LogP contribution is -2.25. The molecule has 3 nitrogen and oxygen atoms in total. The van der Waals surface area contributed by atoms with Gasteiger partial charge in [-0.3, -0.25) is 4.79 Å². The van der Waals surface area contributed by atoms with Gasteiger partial charge in [-0.2, -0.15) is 12.6 Å². The highest BCUT2D eigenvalue weighted by molar-refractivity contribution is 7.81. The van der Waals surface area contributed by atoms with Gasteiger partial charge in [0.15, 0.2) is 0 Å². The van der Waals surface area contributed by atoms with Crippen LogP contribution in [0.5, 0.6) is 0 Å². The van der Waals surface area contributed by atoms with Crippen LogP contribution in [0.15, 0.2) is 24.3 Å². The number of carbonyl (C=O) groups is 1. The van der Waals surface area contributed by atoms with E-state index in [0.29, 0.717) is 0 Å². The van der Waals surface area contributed by atoms with Gasteiger partial charge in [0.1, 0.15) is 0 Å². The highest BCUT2D eigenvalue weighted by Gasteiger charge is 2.19.